The predicted molar refractivity (Wildman–Crippen MR) is 177 cm³/mol. The summed E-state index contributed by atoms with van der Waals surface area (Å²) in [5.41, 5.74) is 0. The molecule has 0 saturated heterocycles. The molecule has 0 bridgehead atoms. The monoisotopic (exact) mass is 658 g/mol. The molecule has 0 rings (SSSR count). The minimum atomic E-state index is -4.62. The average molecular weight is 659 g/mol. The highest BCUT2D eigenvalue weighted by atomic mass is 31.2. The van der Waals surface area contributed by atoms with E-state index in [1.54, 1.807) is 0 Å². The first-order chi connectivity index (χ1) is 21.7. The minimum Gasteiger partial charge on any atom is -0.462 e. The van der Waals surface area contributed by atoms with Gasteiger partial charge in [0.2, 0.25) is 0 Å². The summed E-state index contributed by atoms with van der Waals surface area (Å²) in [6.45, 7) is 2.09. The Morgan fingerprint density at radius 1 is 0.689 bits per heavy atom. The number of unbranched alkanes of at least 4 members (excludes halogenated alkanes) is 8. The van der Waals surface area contributed by atoms with E-state index in [-0.39, 0.29) is 19.4 Å². The first-order valence-corrected chi connectivity index (χ1v) is 18.1. The van der Waals surface area contributed by atoms with Crippen molar-refractivity contribution in [1.82, 2.24) is 0 Å². The van der Waals surface area contributed by atoms with Crippen LogP contribution in [0.2, 0.25) is 0 Å². The molecule has 260 valence electrons. The Labute approximate surface area is 271 Å². The average Bonchev–Trinajstić information content (AvgIpc) is 3.02. The van der Waals surface area contributed by atoms with Crippen LogP contribution < -0.4 is 0 Å². The first-order valence-electron chi connectivity index (χ1n) is 16.6. The molecule has 0 aromatic rings. The van der Waals surface area contributed by atoms with E-state index < -0.39 is 51.8 Å². The Hall–Kier alpha value is -2.07. The lowest BCUT2D eigenvalue weighted by Crippen LogP contribution is -2.29. The molecule has 0 amide bonds. The van der Waals surface area contributed by atoms with Crippen molar-refractivity contribution in [3.05, 3.63) is 48.6 Å². The number of aliphatic hydroxyl groups excluding tert-OH is 2. The highest BCUT2D eigenvalue weighted by Crippen LogP contribution is 2.43. The Morgan fingerprint density at radius 2 is 1.27 bits per heavy atom. The van der Waals surface area contributed by atoms with Crippen molar-refractivity contribution in [2.24, 2.45) is 0 Å². The maximum absolute atomic E-state index is 12.4. The molecule has 2 unspecified atom stereocenters. The molecule has 10 nitrogen and oxygen atoms in total. The molecule has 0 aromatic carbocycles. The lowest BCUT2D eigenvalue weighted by Gasteiger charge is -2.20. The lowest BCUT2D eigenvalue weighted by molar-refractivity contribution is -0.161. The summed E-state index contributed by atoms with van der Waals surface area (Å²) in [7, 11) is -4.62. The number of hydrogen-bond donors (Lipinski definition) is 3. The molecule has 0 aliphatic carbocycles. The smallest absolute Gasteiger partial charge is 0.462 e. The van der Waals surface area contributed by atoms with Gasteiger partial charge in [0.1, 0.15) is 12.7 Å². The van der Waals surface area contributed by atoms with Crippen LogP contribution in [0, 0.1) is 0 Å². The van der Waals surface area contributed by atoms with Gasteiger partial charge in [0.05, 0.1) is 19.8 Å². The summed E-state index contributed by atoms with van der Waals surface area (Å²) in [4.78, 5) is 34.5. The van der Waals surface area contributed by atoms with E-state index >= 15 is 0 Å². The van der Waals surface area contributed by atoms with Gasteiger partial charge in [0.15, 0.2) is 6.10 Å². The number of aliphatic hydroxyl groups is 2. The van der Waals surface area contributed by atoms with E-state index in [4.69, 9.17) is 19.1 Å². The molecule has 11 heteroatoms. The van der Waals surface area contributed by atoms with Crippen LogP contribution in [-0.4, -0.2) is 65.7 Å². The second-order valence-corrected chi connectivity index (χ2v) is 12.3. The Morgan fingerprint density at radius 3 is 1.91 bits per heavy atom. The Kier molecular flexibility index (Phi) is 29.2. The van der Waals surface area contributed by atoms with Gasteiger partial charge in [-0.3, -0.25) is 18.6 Å². The summed E-state index contributed by atoms with van der Waals surface area (Å²) in [5, 5.41) is 18.2. The summed E-state index contributed by atoms with van der Waals surface area (Å²) >= 11 is 0. The maximum Gasteiger partial charge on any atom is 0.472 e. The first kappa shape index (κ1) is 42.9. The molecular weight excluding hydrogens is 599 g/mol. The van der Waals surface area contributed by atoms with Crippen molar-refractivity contribution in [2.75, 3.05) is 26.4 Å². The zero-order valence-electron chi connectivity index (χ0n) is 27.6. The van der Waals surface area contributed by atoms with Crippen molar-refractivity contribution < 1.29 is 47.8 Å². The van der Waals surface area contributed by atoms with Crippen molar-refractivity contribution >= 4 is 19.8 Å². The number of phosphoric acid groups is 1. The molecule has 0 saturated carbocycles. The van der Waals surface area contributed by atoms with E-state index in [9.17, 15) is 24.2 Å². The third-order valence-corrected chi connectivity index (χ3v) is 7.43. The summed E-state index contributed by atoms with van der Waals surface area (Å²) < 4.78 is 32.3. The normalized spacial score (nSPS) is 14.9. The van der Waals surface area contributed by atoms with Crippen LogP contribution in [-0.2, 0) is 32.7 Å². The Bertz CT molecular complexity index is 899. The van der Waals surface area contributed by atoms with Gasteiger partial charge in [0, 0.05) is 12.8 Å². The number of ether oxygens (including phenoxy) is 2. The number of allylic oxidation sites excluding steroid dienone is 8. The largest absolute Gasteiger partial charge is 0.472 e. The fourth-order valence-corrected chi connectivity index (χ4v) is 4.69. The SMILES string of the molecule is CC/C=C/C/C=C/CCCCC(=O)OCC(COP(=O)(O)OC[C@@H](O)CO)OC(=O)CC/C=C/C/C=C/CCCCCCCC. The number of rotatable bonds is 30. The second kappa shape index (κ2) is 30.6. The van der Waals surface area contributed by atoms with Gasteiger partial charge in [0.25, 0.3) is 0 Å². The third kappa shape index (κ3) is 30.4. The summed E-state index contributed by atoms with van der Waals surface area (Å²) in [5.74, 6) is -1.05. The molecule has 0 radical (unpaired) electrons. The van der Waals surface area contributed by atoms with Gasteiger partial charge < -0.3 is 24.6 Å². The van der Waals surface area contributed by atoms with Crippen LogP contribution in [0.1, 0.15) is 117 Å². The topological polar surface area (TPSA) is 149 Å². The standard InChI is InChI=1S/C34H59O10P/c1-3-5-7-9-11-13-14-15-16-18-20-22-24-26-34(38)44-32(30-43-45(39,40)42-28-31(36)27-35)29-41-33(37)25-23-21-19-17-12-10-8-6-4-2/h6,8,12,15-17,20,22,31-32,35-36H,3-5,7,9-11,13-14,18-19,21,23-30H2,1-2H3,(H,39,40)/b8-6+,16-15+,17-12+,22-20+/t31-,32?/m0/s1. The van der Waals surface area contributed by atoms with E-state index in [0.717, 1.165) is 38.5 Å². The molecule has 45 heavy (non-hydrogen) atoms. The van der Waals surface area contributed by atoms with Gasteiger partial charge in [-0.1, -0.05) is 94.6 Å². The highest BCUT2D eigenvalue weighted by molar-refractivity contribution is 7.47. The van der Waals surface area contributed by atoms with E-state index in [1.165, 1.54) is 38.5 Å². The van der Waals surface area contributed by atoms with Crippen LogP contribution in [0.3, 0.4) is 0 Å². The van der Waals surface area contributed by atoms with Crippen LogP contribution in [0.15, 0.2) is 48.6 Å². The number of carbonyl (C=O) groups excluding carboxylic acids is 2. The molecule has 0 aliphatic rings. The van der Waals surface area contributed by atoms with Gasteiger partial charge >= 0.3 is 19.8 Å². The fraction of sp³-hybridized carbons (Fsp3) is 0.706. The molecule has 0 spiro atoms. The van der Waals surface area contributed by atoms with E-state index in [0.29, 0.717) is 12.8 Å². The van der Waals surface area contributed by atoms with E-state index in [1.807, 2.05) is 12.2 Å². The zero-order chi connectivity index (χ0) is 33.4. The van der Waals surface area contributed by atoms with Crippen molar-refractivity contribution in [1.29, 1.82) is 0 Å². The van der Waals surface area contributed by atoms with Crippen molar-refractivity contribution in [3.63, 3.8) is 0 Å². The maximum atomic E-state index is 12.4. The highest BCUT2D eigenvalue weighted by Gasteiger charge is 2.27. The van der Waals surface area contributed by atoms with Gasteiger partial charge in [-0.25, -0.2) is 4.57 Å². The van der Waals surface area contributed by atoms with Gasteiger partial charge in [-0.05, 0) is 57.8 Å². The Balaban J connectivity index is 4.59. The van der Waals surface area contributed by atoms with Crippen molar-refractivity contribution in [3.8, 4) is 0 Å². The quantitative estimate of drug-likeness (QED) is 0.0308. The van der Waals surface area contributed by atoms with Crippen molar-refractivity contribution in [2.45, 2.75) is 129 Å². The number of hydrogen-bond acceptors (Lipinski definition) is 9. The summed E-state index contributed by atoms with van der Waals surface area (Å²) in [6.07, 6.45) is 28.4. The van der Waals surface area contributed by atoms with Gasteiger partial charge in [-0.15, -0.1) is 0 Å². The molecule has 3 atom stereocenters. The number of phosphoric ester groups is 1. The molecule has 3 N–H and O–H groups in total. The van der Waals surface area contributed by atoms with Gasteiger partial charge in [-0.2, -0.15) is 0 Å². The predicted octanol–water partition coefficient (Wildman–Crippen LogP) is 7.43. The molecule has 0 aliphatic heterocycles. The van der Waals surface area contributed by atoms with E-state index in [2.05, 4.69) is 54.8 Å². The zero-order valence-corrected chi connectivity index (χ0v) is 28.5. The molecule has 0 aromatic heterocycles. The lowest BCUT2D eigenvalue weighted by atomic mass is 10.1. The summed E-state index contributed by atoms with van der Waals surface area (Å²) in [6, 6.07) is 0. The molecule has 0 fully saturated rings. The molecule has 0 heterocycles. The van der Waals surface area contributed by atoms with Crippen LogP contribution in [0.5, 0.6) is 0 Å². The van der Waals surface area contributed by atoms with Crippen LogP contribution in [0.25, 0.3) is 0 Å². The van der Waals surface area contributed by atoms with Crippen LogP contribution in [0.4, 0.5) is 0 Å². The number of carbonyl (C=O) groups is 2. The molecular formula is C34H59O10P. The second-order valence-electron chi connectivity index (χ2n) is 10.8. The van der Waals surface area contributed by atoms with Crippen LogP contribution >= 0.6 is 7.82 Å². The minimum absolute atomic E-state index is 0.0696. The third-order valence-electron chi connectivity index (χ3n) is 6.48. The fourth-order valence-electron chi connectivity index (χ4n) is 3.90. The number of esters is 2.